The third-order valence-corrected chi connectivity index (χ3v) is 3.68. The van der Waals surface area contributed by atoms with Gasteiger partial charge >= 0.3 is 6.61 Å². The van der Waals surface area contributed by atoms with Gasteiger partial charge in [0.05, 0.1) is 21.2 Å². The Bertz CT molecular complexity index is 887. The van der Waals surface area contributed by atoms with Gasteiger partial charge in [0.15, 0.2) is 11.6 Å². The fraction of sp³-hybridized carbons (Fsp3) is 0.143. The van der Waals surface area contributed by atoms with E-state index in [9.17, 15) is 8.78 Å². The molecule has 24 heavy (non-hydrogen) atoms. The summed E-state index contributed by atoms with van der Waals surface area (Å²) in [6, 6.07) is 3.03. The normalized spacial score (nSPS) is 11.1. The van der Waals surface area contributed by atoms with Crippen LogP contribution in [0.2, 0.25) is 10.0 Å². The highest BCUT2D eigenvalue weighted by molar-refractivity contribution is 6.33. The summed E-state index contributed by atoms with van der Waals surface area (Å²) in [4.78, 5) is 7.77. The summed E-state index contributed by atoms with van der Waals surface area (Å²) in [6.45, 7) is -3.03. The predicted molar refractivity (Wildman–Crippen MR) is 84.1 cm³/mol. The molecule has 3 aromatic rings. The van der Waals surface area contributed by atoms with E-state index >= 15 is 0 Å². The van der Waals surface area contributed by atoms with Gasteiger partial charge in [-0.25, -0.2) is 4.98 Å². The lowest BCUT2D eigenvalue weighted by atomic mass is 10.2. The Morgan fingerprint density at radius 3 is 2.50 bits per heavy atom. The molecule has 0 aliphatic rings. The fourth-order valence-corrected chi connectivity index (χ4v) is 2.45. The number of aromatic nitrogens is 5. The molecule has 0 spiro atoms. The topological polar surface area (TPSA) is 65.7 Å². The zero-order chi connectivity index (χ0) is 17.3. The molecule has 6 nitrogen and oxygen atoms in total. The number of pyridine rings is 2. The molecule has 0 N–H and O–H groups in total. The van der Waals surface area contributed by atoms with Crippen LogP contribution in [-0.4, -0.2) is 31.3 Å². The molecular formula is C14H9Cl2F2N5O. The van der Waals surface area contributed by atoms with Gasteiger partial charge in [-0.1, -0.05) is 23.2 Å². The first kappa shape index (κ1) is 16.5. The minimum atomic E-state index is -3.03. The van der Waals surface area contributed by atoms with E-state index in [4.69, 9.17) is 23.2 Å². The molecule has 10 heteroatoms. The molecule has 0 aliphatic carbocycles. The Morgan fingerprint density at radius 2 is 1.83 bits per heavy atom. The van der Waals surface area contributed by atoms with Gasteiger partial charge in [-0.15, -0.1) is 10.2 Å². The fourth-order valence-electron chi connectivity index (χ4n) is 2.11. The van der Waals surface area contributed by atoms with Crippen molar-refractivity contribution in [3.63, 3.8) is 0 Å². The van der Waals surface area contributed by atoms with E-state index < -0.39 is 6.61 Å². The van der Waals surface area contributed by atoms with Crippen LogP contribution >= 0.6 is 23.2 Å². The van der Waals surface area contributed by atoms with E-state index in [1.54, 1.807) is 23.9 Å². The van der Waals surface area contributed by atoms with E-state index in [0.717, 1.165) is 0 Å². The largest absolute Gasteiger partial charge is 0.416 e. The van der Waals surface area contributed by atoms with Gasteiger partial charge in [0.2, 0.25) is 5.88 Å². The van der Waals surface area contributed by atoms with Crippen LogP contribution < -0.4 is 4.74 Å². The van der Waals surface area contributed by atoms with Gasteiger partial charge in [-0.05, 0) is 12.1 Å². The van der Waals surface area contributed by atoms with Crippen LogP contribution in [0.25, 0.3) is 22.8 Å². The minimum absolute atomic E-state index is 0.184. The average Bonchev–Trinajstić information content (AvgIpc) is 2.91. The van der Waals surface area contributed by atoms with Crippen LogP contribution in [0.3, 0.4) is 0 Å². The zero-order valence-corrected chi connectivity index (χ0v) is 13.6. The average molecular weight is 372 g/mol. The summed E-state index contributed by atoms with van der Waals surface area (Å²) in [5, 5.41) is 8.74. The highest BCUT2D eigenvalue weighted by Crippen LogP contribution is 2.33. The van der Waals surface area contributed by atoms with Crippen LogP contribution in [0.1, 0.15) is 0 Å². The Labute approximate surface area is 145 Å². The van der Waals surface area contributed by atoms with E-state index in [0.29, 0.717) is 16.4 Å². The van der Waals surface area contributed by atoms with Crippen molar-refractivity contribution >= 4 is 23.2 Å². The Hall–Kier alpha value is -2.32. The molecule has 0 amide bonds. The summed E-state index contributed by atoms with van der Waals surface area (Å²) >= 11 is 12.0. The van der Waals surface area contributed by atoms with Crippen molar-refractivity contribution in [3.8, 4) is 28.7 Å². The summed E-state index contributed by atoms with van der Waals surface area (Å²) in [5.41, 5.74) is 0.732. The van der Waals surface area contributed by atoms with E-state index in [1.807, 2.05) is 0 Å². The molecule has 3 rings (SSSR count). The van der Waals surface area contributed by atoms with Crippen molar-refractivity contribution in [1.82, 2.24) is 24.7 Å². The number of alkyl halides is 2. The Balaban J connectivity index is 2.12. The van der Waals surface area contributed by atoms with Crippen molar-refractivity contribution in [1.29, 1.82) is 0 Å². The summed E-state index contributed by atoms with van der Waals surface area (Å²) in [6.07, 6.45) is 4.28. The van der Waals surface area contributed by atoms with Crippen LogP contribution in [0, 0.1) is 0 Å². The third kappa shape index (κ3) is 3.15. The lowest BCUT2D eigenvalue weighted by Gasteiger charge is -2.10. The molecule has 0 fully saturated rings. The number of hydrogen-bond donors (Lipinski definition) is 0. The van der Waals surface area contributed by atoms with Crippen molar-refractivity contribution < 1.29 is 13.5 Å². The first-order valence-corrected chi connectivity index (χ1v) is 7.33. The Kier molecular flexibility index (Phi) is 4.59. The van der Waals surface area contributed by atoms with Gasteiger partial charge in [0, 0.05) is 25.6 Å². The summed E-state index contributed by atoms with van der Waals surface area (Å²) in [5.74, 6) is 0.357. The highest BCUT2D eigenvalue weighted by atomic mass is 35.5. The minimum Gasteiger partial charge on any atom is -0.416 e. The van der Waals surface area contributed by atoms with Gasteiger partial charge in [0.1, 0.15) is 0 Å². The second-order valence-corrected chi connectivity index (χ2v) is 5.49. The Morgan fingerprint density at radius 1 is 1.12 bits per heavy atom. The van der Waals surface area contributed by atoms with E-state index in [-0.39, 0.29) is 22.3 Å². The molecule has 0 atom stereocenters. The van der Waals surface area contributed by atoms with Gasteiger partial charge in [0.25, 0.3) is 0 Å². The first-order chi connectivity index (χ1) is 11.5. The molecule has 3 heterocycles. The maximum atomic E-state index is 12.6. The molecule has 0 bridgehead atoms. The molecule has 0 saturated carbocycles. The molecular weight excluding hydrogens is 363 g/mol. The maximum Gasteiger partial charge on any atom is 0.388 e. The molecule has 0 radical (unpaired) electrons. The second kappa shape index (κ2) is 6.66. The highest BCUT2D eigenvalue weighted by Gasteiger charge is 2.20. The van der Waals surface area contributed by atoms with Gasteiger partial charge in [-0.3, -0.25) is 4.98 Å². The summed E-state index contributed by atoms with van der Waals surface area (Å²) < 4.78 is 31.1. The van der Waals surface area contributed by atoms with Gasteiger partial charge in [-0.2, -0.15) is 8.78 Å². The number of halogens is 4. The third-order valence-electron chi connectivity index (χ3n) is 3.14. The molecule has 0 aliphatic heterocycles. The molecule has 0 saturated heterocycles. The van der Waals surface area contributed by atoms with E-state index in [2.05, 4.69) is 24.9 Å². The number of ether oxygens (including phenoxy) is 1. The second-order valence-electron chi connectivity index (χ2n) is 4.65. The smallest absolute Gasteiger partial charge is 0.388 e. The maximum absolute atomic E-state index is 12.6. The van der Waals surface area contributed by atoms with Crippen molar-refractivity contribution in [3.05, 3.63) is 40.8 Å². The SMILES string of the molecule is Cn1c(-c2cnccc2Cl)nnc1-c1cc(Cl)cnc1OC(F)F. The lowest BCUT2D eigenvalue weighted by Crippen LogP contribution is -2.06. The number of hydrogen-bond acceptors (Lipinski definition) is 5. The summed E-state index contributed by atoms with van der Waals surface area (Å²) in [7, 11) is 1.65. The number of rotatable bonds is 4. The first-order valence-electron chi connectivity index (χ1n) is 6.57. The monoisotopic (exact) mass is 371 g/mol. The molecule has 124 valence electrons. The zero-order valence-electron chi connectivity index (χ0n) is 12.1. The van der Waals surface area contributed by atoms with Gasteiger partial charge < -0.3 is 9.30 Å². The van der Waals surface area contributed by atoms with Crippen LogP contribution in [0.15, 0.2) is 30.7 Å². The van der Waals surface area contributed by atoms with E-state index in [1.165, 1.54) is 18.5 Å². The molecule has 3 aromatic heterocycles. The predicted octanol–water partition coefficient (Wildman–Crippen LogP) is 3.85. The van der Waals surface area contributed by atoms with Crippen LogP contribution in [-0.2, 0) is 7.05 Å². The van der Waals surface area contributed by atoms with Crippen LogP contribution in [0.4, 0.5) is 8.78 Å². The van der Waals surface area contributed by atoms with Crippen molar-refractivity contribution in [2.75, 3.05) is 0 Å². The van der Waals surface area contributed by atoms with Crippen molar-refractivity contribution in [2.45, 2.75) is 6.61 Å². The molecule has 0 unspecified atom stereocenters. The standard InChI is InChI=1S/C14H9Cl2F2N5O/c1-23-11(8-4-7(15)5-20-13(8)24-14(17)18)21-22-12(23)9-6-19-3-2-10(9)16/h2-6,14H,1H3. The van der Waals surface area contributed by atoms with Crippen LogP contribution in [0.5, 0.6) is 5.88 Å². The molecule has 0 aromatic carbocycles. The lowest BCUT2D eigenvalue weighted by molar-refractivity contribution is -0.0524. The number of nitrogens with zero attached hydrogens (tertiary/aromatic N) is 5. The quantitative estimate of drug-likeness (QED) is 0.696. The van der Waals surface area contributed by atoms with Crippen molar-refractivity contribution in [2.24, 2.45) is 7.05 Å².